The standard InChI is InChI=1S/C46H28N4O/c1-2-9-31(10-3-1)44-48-45(32-20-17-29(18-21-32)34-23-24-38-37-13-5-7-16-42(37)51-43(38)27-34)50-46(49-44)39-14-8-12-30-19-22-33(26-40(30)39)36-25-35-11-4-6-15-41(35)47-28-36/h1-28H. The van der Waals surface area contributed by atoms with Crippen LogP contribution in [0.1, 0.15) is 0 Å². The average Bonchev–Trinajstić information content (AvgIpc) is 3.58. The molecule has 238 valence electrons. The highest BCUT2D eigenvalue weighted by molar-refractivity contribution is 6.06. The maximum atomic E-state index is 6.17. The second kappa shape index (κ2) is 11.9. The third kappa shape index (κ3) is 5.20. The van der Waals surface area contributed by atoms with E-state index in [9.17, 15) is 0 Å². The molecule has 5 nitrogen and oxygen atoms in total. The van der Waals surface area contributed by atoms with Gasteiger partial charge in [0.1, 0.15) is 11.2 Å². The number of para-hydroxylation sites is 2. The zero-order chi connectivity index (χ0) is 33.7. The van der Waals surface area contributed by atoms with Crippen LogP contribution in [0.4, 0.5) is 0 Å². The van der Waals surface area contributed by atoms with Crippen molar-refractivity contribution in [3.8, 4) is 56.4 Å². The summed E-state index contributed by atoms with van der Waals surface area (Å²) in [5, 5.41) is 5.53. The summed E-state index contributed by atoms with van der Waals surface area (Å²) in [5.41, 5.74) is 9.86. The summed E-state index contributed by atoms with van der Waals surface area (Å²) in [5.74, 6) is 1.87. The van der Waals surface area contributed by atoms with E-state index in [4.69, 9.17) is 24.4 Å². The lowest BCUT2D eigenvalue weighted by Crippen LogP contribution is -2.00. The molecule has 0 spiro atoms. The third-order valence-corrected chi connectivity index (χ3v) is 9.57. The van der Waals surface area contributed by atoms with Gasteiger partial charge in [0.2, 0.25) is 0 Å². The van der Waals surface area contributed by atoms with Crippen molar-refractivity contribution < 1.29 is 4.42 Å². The zero-order valence-corrected chi connectivity index (χ0v) is 27.4. The van der Waals surface area contributed by atoms with Crippen LogP contribution in [0.25, 0.3) is 100 Å². The van der Waals surface area contributed by atoms with E-state index in [1.165, 1.54) is 0 Å². The largest absolute Gasteiger partial charge is 0.456 e. The van der Waals surface area contributed by atoms with Gasteiger partial charge in [0.15, 0.2) is 17.5 Å². The van der Waals surface area contributed by atoms with Gasteiger partial charge in [-0.1, -0.05) is 127 Å². The first kappa shape index (κ1) is 29.0. The Bertz CT molecular complexity index is 2910. The molecule has 3 aromatic heterocycles. The van der Waals surface area contributed by atoms with Crippen molar-refractivity contribution in [1.29, 1.82) is 0 Å². The van der Waals surface area contributed by atoms with Gasteiger partial charge >= 0.3 is 0 Å². The minimum Gasteiger partial charge on any atom is -0.456 e. The summed E-state index contributed by atoms with van der Waals surface area (Å²) in [6, 6.07) is 56.2. The van der Waals surface area contributed by atoms with E-state index in [0.717, 1.165) is 82.6 Å². The molecule has 0 bridgehead atoms. The molecule has 3 heterocycles. The number of hydrogen-bond acceptors (Lipinski definition) is 5. The van der Waals surface area contributed by atoms with Gasteiger partial charge in [0.05, 0.1) is 5.52 Å². The molecule has 0 amide bonds. The smallest absolute Gasteiger partial charge is 0.164 e. The van der Waals surface area contributed by atoms with Crippen LogP contribution in [-0.2, 0) is 0 Å². The fourth-order valence-electron chi connectivity index (χ4n) is 6.94. The first-order valence-corrected chi connectivity index (χ1v) is 17.0. The fourth-order valence-corrected chi connectivity index (χ4v) is 6.94. The molecule has 0 radical (unpaired) electrons. The Morgan fingerprint density at radius 3 is 1.88 bits per heavy atom. The van der Waals surface area contributed by atoms with Crippen LogP contribution in [0.5, 0.6) is 0 Å². The highest BCUT2D eigenvalue weighted by Crippen LogP contribution is 2.35. The lowest BCUT2D eigenvalue weighted by molar-refractivity contribution is 0.669. The van der Waals surface area contributed by atoms with E-state index in [0.29, 0.717) is 17.5 Å². The minimum absolute atomic E-state index is 0.616. The maximum absolute atomic E-state index is 6.17. The van der Waals surface area contributed by atoms with Crippen molar-refractivity contribution in [2.45, 2.75) is 0 Å². The average molecular weight is 653 g/mol. The predicted octanol–water partition coefficient (Wildman–Crippen LogP) is 11.8. The van der Waals surface area contributed by atoms with Crippen LogP contribution in [0.2, 0.25) is 0 Å². The van der Waals surface area contributed by atoms with E-state index in [1.807, 2.05) is 72.9 Å². The monoisotopic (exact) mass is 652 g/mol. The molecular formula is C46H28N4O. The quantitative estimate of drug-likeness (QED) is 0.185. The fraction of sp³-hybridized carbons (Fsp3) is 0. The van der Waals surface area contributed by atoms with Gasteiger partial charge in [0.25, 0.3) is 0 Å². The first-order chi connectivity index (χ1) is 25.2. The number of furan rings is 1. The van der Waals surface area contributed by atoms with Gasteiger partial charge in [-0.05, 0) is 63.9 Å². The van der Waals surface area contributed by atoms with Gasteiger partial charge in [-0.25, -0.2) is 15.0 Å². The van der Waals surface area contributed by atoms with Gasteiger partial charge in [-0.3, -0.25) is 4.98 Å². The minimum atomic E-state index is 0.616. The highest BCUT2D eigenvalue weighted by atomic mass is 16.3. The molecular weight excluding hydrogens is 625 g/mol. The number of fused-ring (bicyclic) bond motifs is 5. The lowest BCUT2D eigenvalue weighted by Gasteiger charge is -2.12. The number of benzene rings is 7. The molecule has 0 aliphatic carbocycles. The molecule has 0 aliphatic heterocycles. The second-order valence-corrected chi connectivity index (χ2v) is 12.7. The van der Waals surface area contributed by atoms with Crippen LogP contribution in [0.3, 0.4) is 0 Å². The molecule has 0 unspecified atom stereocenters. The Morgan fingerprint density at radius 1 is 0.353 bits per heavy atom. The maximum Gasteiger partial charge on any atom is 0.164 e. The number of nitrogens with zero attached hydrogens (tertiary/aromatic N) is 4. The summed E-state index contributed by atoms with van der Waals surface area (Å²) < 4.78 is 6.17. The number of rotatable bonds is 5. The normalized spacial score (nSPS) is 11.5. The molecule has 7 aromatic carbocycles. The van der Waals surface area contributed by atoms with Crippen molar-refractivity contribution in [2.75, 3.05) is 0 Å². The molecule has 51 heavy (non-hydrogen) atoms. The summed E-state index contributed by atoms with van der Waals surface area (Å²) in [6.45, 7) is 0. The van der Waals surface area contributed by atoms with E-state index < -0.39 is 0 Å². The van der Waals surface area contributed by atoms with Gasteiger partial charge in [-0.15, -0.1) is 0 Å². The van der Waals surface area contributed by atoms with Crippen LogP contribution in [0, 0.1) is 0 Å². The highest BCUT2D eigenvalue weighted by Gasteiger charge is 2.16. The van der Waals surface area contributed by atoms with E-state index in [-0.39, 0.29) is 0 Å². The van der Waals surface area contributed by atoms with Crippen LogP contribution >= 0.6 is 0 Å². The molecule has 0 saturated heterocycles. The Balaban J connectivity index is 1.07. The molecule has 10 aromatic rings. The van der Waals surface area contributed by atoms with Crippen molar-refractivity contribution in [1.82, 2.24) is 19.9 Å². The Kier molecular flexibility index (Phi) is 6.74. The van der Waals surface area contributed by atoms with Gasteiger partial charge in [0, 0.05) is 44.6 Å². The topological polar surface area (TPSA) is 64.7 Å². The molecule has 0 atom stereocenters. The van der Waals surface area contributed by atoms with E-state index in [2.05, 4.69) is 97.1 Å². The number of aromatic nitrogens is 4. The molecule has 0 saturated carbocycles. The molecule has 10 rings (SSSR count). The Morgan fingerprint density at radius 2 is 1.00 bits per heavy atom. The van der Waals surface area contributed by atoms with Gasteiger partial charge < -0.3 is 4.42 Å². The summed E-state index contributed by atoms with van der Waals surface area (Å²) in [4.78, 5) is 19.9. The summed E-state index contributed by atoms with van der Waals surface area (Å²) in [7, 11) is 0. The molecule has 0 fully saturated rings. The van der Waals surface area contributed by atoms with Crippen molar-refractivity contribution in [2.24, 2.45) is 0 Å². The molecule has 0 N–H and O–H groups in total. The lowest BCUT2D eigenvalue weighted by atomic mass is 9.98. The summed E-state index contributed by atoms with van der Waals surface area (Å²) >= 11 is 0. The Labute approximate surface area is 293 Å². The second-order valence-electron chi connectivity index (χ2n) is 12.7. The molecule has 0 aliphatic rings. The van der Waals surface area contributed by atoms with Crippen LogP contribution in [0.15, 0.2) is 174 Å². The Hall–Kier alpha value is -6.98. The van der Waals surface area contributed by atoms with Crippen LogP contribution in [-0.4, -0.2) is 19.9 Å². The van der Waals surface area contributed by atoms with E-state index in [1.54, 1.807) is 0 Å². The van der Waals surface area contributed by atoms with E-state index >= 15 is 0 Å². The van der Waals surface area contributed by atoms with Crippen molar-refractivity contribution >= 4 is 43.6 Å². The van der Waals surface area contributed by atoms with Crippen LogP contribution < -0.4 is 0 Å². The van der Waals surface area contributed by atoms with Gasteiger partial charge in [-0.2, -0.15) is 0 Å². The third-order valence-electron chi connectivity index (χ3n) is 9.57. The summed E-state index contributed by atoms with van der Waals surface area (Å²) in [6.07, 6.45) is 1.94. The number of pyridine rings is 1. The number of hydrogen-bond donors (Lipinski definition) is 0. The SMILES string of the molecule is c1ccc(-c2nc(-c3ccc(-c4ccc5c(c4)oc4ccccc45)cc3)nc(-c3cccc4ccc(-c5cnc6ccccc6c5)cc34)n2)cc1. The first-order valence-electron chi connectivity index (χ1n) is 17.0. The van der Waals surface area contributed by atoms with Crippen molar-refractivity contribution in [3.63, 3.8) is 0 Å². The molecule has 5 heteroatoms. The predicted molar refractivity (Wildman–Crippen MR) is 207 cm³/mol. The van der Waals surface area contributed by atoms with Crippen molar-refractivity contribution in [3.05, 3.63) is 170 Å². The zero-order valence-electron chi connectivity index (χ0n) is 27.4.